The summed E-state index contributed by atoms with van der Waals surface area (Å²) in [5.41, 5.74) is 6.33. The molecule has 1 aromatic rings. The third-order valence-corrected chi connectivity index (χ3v) is 6.21. The van der Waals surface area contributed by atoms with E-state index in [-0.39, 0.29) is 0 Å². The molecule has 102 valence electrons. The van der Waals surface area contributed by atoms with Gasteiger partial charge in [0.05, 0.1) is 0 Å². The number of thioether (sulfide) groups is 1. The van der Waals surface area contributed by atoms with E-state index in [2.05, 4.69) is 30.1 Å². The van der Waals surface area contributed by atoms with Gasteiger partial charge in [0, 0.05) is 5.25 Å². The summed E-state index contributed by atoms with van der Waals surface area (Å²) < 4.78 is 5.18. The summed E-state index contributed by atoms with van der Waals surface area (Å²) >= 11 is 3.39. The number of rotatable bonds is 3. The SMILES string of the molecule is CC(C)(C)C1CCC(CN)C(Sc2ncns2)C1. The van der Waals surface area contributed by atoms with Crippen LogP contribution in [0, 0.1) is 17.3 Å². The molecule has 0 radical (unpaired) electrons. The molecule has 3 unspecified atom stereocenters. The van der Waals surface area contributed by atoms with E-state index in [1.54, 1.807) is 6.33 Å². The van der Waals surface area contributed by atoms with Gasteiger partial charge in [0.15, 0.2) is 4.34 Å². The Bertz CT molecular complexity index is 359. The molecule has 0 aliphatic heterocycles. The molecule has 1 aromatic heterocycles. The average molecular weight is 285 g/mol. The highest BCUT2D eigenvalue weighted by molar-refractivity contribution is 8.01. The van der Waals surface area contributed by atoms with E-state index < -0.39 is 0 Å². The van der Waals surface area contributed by atoms with Crippen LogP contribution in [-0.4, -0.2) is 21.2 Å². The quantitative estimate of drug-likeness (QED) is 0.924. The second-order valence-corrected chi connectivity index (χ2v) is 8.50. The van der Waals surface area contributed by atoms with Gasteiger partial charge in [-0.05, 0) is 54.6 Å². The van der Waals surface area contributed by atoms with Crippen LogP contribution in [0.5, 0.6) is 0 Å². The second kappa shape index (κ2) is 5.88. The number of hydrogen-bond acceptors (Lipinski definition) is 5. The molecule has 2 N–H and O–H groups in total. The van der Waals surface area contributed by atoms with E-state index in [0.29, 0.717) is 16.6 Å². The molecule has 3 atom stereocenters. The Morgan fingerprint density at radius 3 is 2.78 bits per heavy atom. The van der Waals surface area contributed by atoms with Crippen molar-refractivity contribution in [2.75, 3.05) is 6.54 Å². The molecule has 0 spiro atoms. The molecule has 18 heavy (non-hydrogen) atoms. The normalized spacial score (nSPS) is 29.4. The highest BCUT2D eigenvalue weighted by Crippen LogP contribution is 2.45. The topological polar surface area (TPSA) is 51.8 Å². The van der Waals surface area contributed by atoms with Gasteiger partial charge in [-0.25, -0.2) is 4.98 Å². The maximum Gasteiger partial charge on any atom is 0.170 e. The number of aromatic nitrogens is 2. The Morgan fingerprint density at radius 2 is 2.22 bits per heavy atom. The van der Waals surface area contributed by atoms with Crippen LogP contribution in [0.1, 0.15) is 40.0 Å². The molecule has 3 nitrogen and oxygen atoms in total. The van der Waals surface area contributed by atoms with E-state index in [1.165, 1.54) is 30.8 Å². The standard InChI is InChI=1S/C13H23N3S2/c1-13(2,3)10-5-4-9(7-14)11(6-10)17-12-15-8-16-18-12/h8-11H,4-7,14H2,1-3H3. The van der Waals surface area contributed by atoms with E-state index in [9.17, 15) is 0 Å². The number of hydrogen-bond donors (Lipinski definition) is 1. The zero-order chi connectivity index (χ0) is 13.2. The predicted octanol–water partition coefficient (Wildman–Crippen LogP) is 3.42. The van der Waals surface area contributed by atoms with Crippen molar-refractivity contribution in [3.05, 3.63) is 6.33 Å². The van der Waals surface area contributed by atoms with Gasteiger partial charge >= 0.3 is 0 Å². The zero-order valence-corrected chi connectivity index (χ0v) is 13.1. The first-order chi connectivity index (χ1) is 8.50. The van der Waals surface area contributed by atoms with Crippen molar-refractivity contribution in [3.63, 3.8) is 0 Å². The minimum absolute atomic E-state index is 0.402. The second-order valence-electron chi connectivity index (χ2n) is 6.24. The number of nitrogens with zero attached hydrogens (tertiary/aromatic N) is 2. The summed E-state index contributed by atoms with van der Waals surface area (Å²) in [5, 5.41) is 0.612. The molecule has 1 fully saturated rings. The van der Waals surface area contributed by atoms with Crippen LogP contribution in [0.25, 0.3) is 0 Å². The van der Waals surface area contributed by atoms with E-state index in [4.69, 9.17) is 5.73 Å². The monoisotopic (exact) mass is 285 g/mol. The summed E-state index contributed by atoms with van der Waals surface area (Å²) in [4.78, 5) is 4.30. The molecular weight excluding hydrogens is 262 g/mol. The Kier molecular flexibility index (Phi) is 4.67. The van der Waals surface area contributed by atoms with Crippen LogP contribution >= 0.6 is 23.3 Å². The first kappa shape index (κ1) is 14.3. The predicted molar refractivity (Wildman–Crippen MR) is 78.9 cm³/mol. The first-order valence-electron chi connectivity index (χ1n) is 6.64. The maximum absolute atomic E-state index is 5.93. The van der Waals surface area contributed by atoms with Gasteiger partial charge in [-0.1, -0.05) is 32.5 Å². The van der Waals surface area contributed by atoms with Crippen molar-refractivity contribution < 1.29 is 0 Å². The van der Waals surface area contributed by atoms with Gasteiger partial charge < -0.3 is 5.73 Å². The lowest BCUT2D eigenvalue weighted by molar-refractivity contribution is 0.157. The van der Waals surface area contributed by atoms with Crippen LogP contribution in [0.15, 0.2) is 10.7 Å². The van der Waals surface area contributed by atoms with Crippen LogP contribution in [0.4, 0.5) is 0 Å². The van der Waals surface area contributed by atoms with Gasteiger partial charge in [0.25, 0.3) is 0 Å². The van der Waals surface area contributed by atoms with Crippen molar-refractivity contribution in [1.82, 2.24) is 9.36 Å². The van der Waals surface area contributed by atoms with Gasteiger partial charge in [-0.3, -0.25) is 0 Å². The summed E-state index contributed by atoms with van der Waals surface area (Å²) in [6.07, 6.45) is 5.48. The third kappa shape index (κ3) is 3.45. The van der Waals surface area contributed by atoms with Crippen LogP contribution in [-0.2, 0) is 0 Å². The van der Waals surface area contributed by atoms with Gasteiger partial charge in [0.1, 0.15) is 6.33 Å². The van der Waals surface area contributed by atoms with Crippen LogP contribution < -0.4 is 5.73 Å². The van der Waals surface area contributed by atoms with Crippen molar-refractivity contribution in [2.45, 2.75) is 49.6 Å². The molecule has 1 aliphatic carbocycles. The molecule has 1 saturated carbocycles. The Labute approximate surface area is 118 Å². The lowest BCUT2D eigenvalue weighted by Gasteiger charge is -2.41. The molecule has 1 heterocycles. The van der Waals surface area contributed by atoms with Crippen molar-refractivity contribution in [1.29, 1.82) is 0 Å². The molecule has 5 heteroatoms. The molecule has 0 amide bonds. The van der Waals surface area contributed by atoms with Crippen molar-refractivity contribution in [2.24, 2.45) is 23.0 Å². The smallest absolute Gasteiger partial charge is 0.170 e. The van der Waals surface area contributed by atoms with Crippen molar-refractivity contribution >= 4 is 23.3 Å². The fourth-order valence-electron chi connectivity index (χ4n) is 2.74. The highest BCUT2D eigenvalue weighted by Gasteiger charge is 2.36. The molecule has 0 aromatic carbocycles. The minimum atomic E-state index is 0.402. The van der Waals surface area contributed by atoms with Gasteiger partial charge in [-0.2, -0.15) is 4.37 Å². The van der Waals surface area contributed by atoms with Crippen LogP contribution in [0.3, 0.4) is 0 Å². The summed E-state index contributed by atoms with van der Waals surface area (Å²) in [6, 6.07) is 0. The van der Waals surface area contributed by atoms with Crippen molar-refractivity contribution in [3.8, 4) is 0 Å². The summed E-state index contributed by atoms with van der Waals surface area (Å²) in [5.74, 6) is 1.43. The number of nitrogens with two attached hydrogens (primary N) is 1. The third-order valence-electron chi connectivity index (χ3n) is 4.05. The highest BCUT2D eigenvalue weighted by atomic mass is 32.2. The zero-order valence-electron chi connectivity index (χ0n) is 11.4. The lowest BCUT2D eigenvalue weighted by Crippen LogP contribution is -2.36. The summed E-state index contributed by atoms with van der Waals surface area (Å²) in [7, 11) is 0. The molecule has 0 bridgehead atoms. The maximum atomic E-state index is 5.93. The van der Waals surface area contributed by atoms with E-state index >= 15 is 0 Å². The lowest BCUT2D eigenvalue weighted by atomic mass is 9.69. The summed E-state index contributed by atoms with van der Waals surface area (Å²) in [6.45, 7) is 7.86. The minimum Gasteiger partial charge on any atom is -0.330 e. The molecular formula is C13H23N3S2. The van der Waals surface area contributed by atoms with Gasteiger partial charge in [0.2, 0.25) is 0 Å². The van der Waals surface area contributed by atoms with E-state index in [1.807, 2.05) is 11.8 Å². The Balaban J connectivity index is 2.04. The largest absolute Gasteiger partial charge is 0.330 e. The van der Waals surface area contributed by atoms with E-state index in [0.717, 1.165) is 16.8 Å². The fraction of sp³-hybridized carbons (Fsp3) is 0.846. The Hall–Kier alpha value is -0.130. The van der Waals surface area contributed by atoms with Gasteiger partial charge in [-0.15, -0.1) is 0 Å². The average Bonchev–Trinajstić information content (AvgIpc) is 2.80. The molecule has 1 aliphatic rings. The first-order valence-corrected chi connectivity index (χ1v) is 8.29. The Morgan fingerprint density at radius 1 is 1.44 bits per heavy atom. The molecule has 0 saturated heterocycles. The van der Waals surface area contributed by atoms with Crippen LogP contribution in [0.2, 0.25) is 0 Å². The fourth-order valence-corrected chi connectivity index (χ4v) is 4.82. The molecule has 2 rings (SSSR count).